The molecule has 1 aromatic carbocycles. The summed E-state index contributed by atoms with van der Waals surface area (Å²) in [6.45, 7) is 0.856. The van der Waals surface area contributed by atoms with Gasteiger partial charge in [0.1, 0.15) is 23.1 Å². The minimum atomic E-state index is -3.10. The van der Waals surface area contributed by atoms with Crippen LogP contribution in [0.25, 0.3) is 0 Å². The SMILES string of the molecule is CS(=O)(=O)CCC(O)c1cc(Cl)c2c(c1)OCCO2. The van der Waals surface area contributed by atoms with E-state index in [1.54, 1.807) is 12.1 Å². The summed E-state index contributed by atoms with van der Waals surface area (Å²) in [5, 5.41) is 10.3. The summed E-state index contributed by atoms with van der Waals surface area (Å²) < 4.78 is 32.9. The first-order valence-electron chi connectivity index (χ1n) is 5.81. The van der Waals surface area contributed by atoms with E-state index in [1.807, 2.05) is 0 Å². The van der Waals surface area contributed by atoms with Gasteiger partial charge in [0.15, 0.2) is 11.5 Å². The molecule has 5 nitrogen and oxygen atoms in total. The summed E-state index contributed by atoms with van der Waals surface area (Å²) in [4.78, 5) is 0. The molecule has 2 rings (SSSR count). The maximum Gasteiger partial charge on any atom is 0.179 e. The van der Waals surface area contributed by atoms with Crippen LogP contribution >= 0.6 is 11.6 Å². The van der Waals surface area contributed by atoms with Crippen molar-refractivity contribution in [3.63, 3.8) is 0 Å². The third kappa shape index (κ3) is 3.75. The summed E-state index contributed by atoms with van der Waals surface area (Å²) in [6.07, 6.45) is 0.355. The van der Waals surface area contributed by atoms with E-state index in [-0.39, 0.29) is 12.2 Å². The summed E-state index contributed by atoms with van der Waals surface area (Å²) in [5.74, 6) is 0.861. The molecule has 0 spiro atoms. The fourth-order valence-electron chi connectivity index (χ4n) is 1.82. The van der Waals surface area contributed by atoms with Crippen LogP contribution in [-0.2, 0) is 9.84 Å². The lowest BCUT2D eigenvalue weighted by Gasteiger charge is -2.21. The number of rotatable bonds is 4. The largest absolute Gasteiger partial charge is 0.486 e. The first-order valence-corrected chi connectivity index (χ1v) is 8.25. The smallest absolute Gasteiger partial charge is 0.179 e. The van der Waals surface area contributed by atoms with Crippen molar-refractivity contribution in [3.8, 4) is 11.5 Å². The Bertz CT molecular complexity index is 570. The van der Waals surface area contributed by atoms with Crippen LogP contribution in [0.5, 0.6) is 11.5 Å². The predicted octanol–water partition coefficient (Wildman–Crippen LogP) is 1.58. The molecule has 0 amide bonds. The Morgan fingerprint density at radius 3 is 2.74 bits per heavy atom. The molecule has 0 aromatic heterocycles. The molecule has 0 radical (unpaired) electrons. The second-order valence-corrected chi connectivity index (χ2v) is 7.13. The van der Waals surface area contributed by atoms with Gasteiger partial charge in [0, 0.05) is 6.26 Å². The Morgan fingerprint density at radius 1 is 1.37 bits per heavy atom. The first-order chi connectivity index (χ1) is 8.87. The maximum absolute atomic E-state index is 11.1. The lowest BCUT2D eigenvalue weighted by Crippen LogP contribution is -2.16. The molecule has 1 aromatic rings. The Kier molecular flexibility index (Phi) is 4.23. The summed E-state index contributed by atoms with van der Waals surface area (Å²) in [7, 11) is -3.10. The van der Waals surface area contributed by atoms with Gasteiger partial charge in [-0.2, -0.15) is 0 Å². The topological polar surface area (TPSA) is 72.8 Å². The molecule has 7 heteroatoms. The van der Waals surface area contributed by atoms with Gasteiger partial charge < -0.3 is 14.6 Å². The molecule has 1 atom stereocenters. The molecule has 0 fully saturated rings. The van der Waals surface area contributed by atoms with Crippen LogP contribution in [0.2, 0.25) is 5.02 Å². The highest BCUT2D eigenvalue weighted by atomic mass is 35.5. The van der Waals surface area contributed by atoms with Crippen LogP contribution in [0.4, 0.5) is 0 Å². The number of benzene rings is 1. The van der Waals surface area contributed by atoms with E-state index in [0.717, 1.165) is 6.26 Å². The van der Waals surface area contributed by atoms with Gasteiger partial charge in [0.25, 0.3) is 0 Å². The van der Waals surface area contributed by atoms with Crippen LogP contribution in [0.15, 0.2) is 12.1 Å². The third-order valence-corrected chi connectivity index (χ3v) is 4.02. The Hall–Kier alpha value is -0.980. The zero-order chi connectivity index (χ0) is 14.0. The van der Waals surface area contributed by atoms with E-state index in [1.165, 1.54) is 0 Å². The van der Waals surface area contributed by atoms with Crippen LogP contribution in [0.1, 0.15) is 18.1 Å². The van der Waals surface area contributed by atoms with Gasteiger partial charge in [-0.1, -0.05) is 11.6 Å². The predicted molar refractivity (Wildman–Crippen MR) is 71.7 cm³/mol. The van der Waals surface area contributed by atoms with Crippen molar-refractivity contribution < 1.29 is 23.0 Å². The number of hydrogen-bond acceptors (Lipinski definition) is 5. The minimum absolute atomic E-state index is 0.0831. The monoisotopic (exact) mass is 306 g/mol. The van der Waals surface area contributed by atoms with Crippen LogP contribution < -0.4 is 9.47 Å². The van der Waals surface area contributed by atoms with Crippen LogP contribution in [0.3, 0.4) is 0 Å². The van der Waals surface area contributed by atoms with Gasteiger partial charge in [0.2, 0.25) is 0 Å². The second kappa shape index (κ2) is 5.56. The van der Waals surface area contributed by atoms with Crippen molar-refractivity contribution in [1.82, 2.24) is 0 Å². The first kappa shape index (κ1) is 14.4. The Labute approximate surface area is 117 Å². The van der Waals surface area contributed by atoms with Gasteiger partial charge >= 0.3 is 0 Å². The molecule has 0 saturated carbocycles. The fraction of sp³-hybridized carbons (Fsp3) is 0.500. The third-order valence-electron chi connectivity index (χ3n) is 2.77. The lowest BCUT2D eigenvalue weighted by molar-refractivity contribution is 0.163. The minimum Gasteiger partial charge on any atom is -0.486 e. The Morgan fingerprint density at radius 2 is 2.05 bits per heavy atom. The normalized spacial score (nSPS) is 16.2. The molecule has 1 aliphatic heterocycles. The van der Waals surface area contributed by atoms with Gasteiger partial charge in [-0.3, -0.25) is 0 Å². The molecule has 1 N–H and O–H groups in total. The number of ether oxygens (including phenoxy) is 2. The highest BCUT2D eigenvalue weighted by Crippen LogP contribution is 2.40. The molecular formula is C12H15ClO5S. The number of aliphatic hydroxyl groups is 1. The van der Waals surface area contributed by atoms with E-state index in [9.17, 15) is 13.5 Å². The molecule has 1 aliphatic rings. The van der Waals surface area contributed by atoms with E-state index < -0.39 is 15.9 Å². The van der Waals surface area contributed by atoms with Crippen molar-refractivity contribution >= 4 is 21.4 Å². The summed E-state index contributed by atoms with van der Waals surface area (Å²) in [5.41, 5.74) is 0.526. The lowest BCUT2D eigenvalue weighted by atomic mass is 10.1. The molecule has 0 aliphatic carbocycles. The van der Waals surface area contributed by atoms with Crippen molar-refractivity contribution in [1.29, 1.82) is 0 Å². The number of fused-ring (bicyclic) bond motifs is 1. The van der Waals surface area contributed by atoms with Crippen LogP contribution in [-0.4, -0.2) is 38.7 Å². The van der Waals surface area contributed by atoms with Crippen molar-refractivity contribution in [2.45, 2.75) is 12.5 Å². The van der Waals surface area contributed by atoms with Gasteiger partial charge in [-0.05, 0) is 24.1 Å². The van der Waals surface area contributed by atoms with E-state index in [4.69, 9.17) is 21.1 Å². The highest BCUT2D eigenvalue weighted by molar-refractivity contribution is 7.90. The van der Waals surface area contributed by atoms with Crippen molar-refractivity contribution in [2.75, 3.05) is 25.2 Å². The van der Waals surface area contributed by atoms with Gasteiger partial charge in [-0.25, -0.2) is 8.42 Å². The molecule has 0 bridgehead atoms. The number of sulfone groups is 1. The van der Waals surface area contributed by atoms with E-state index >= 15 is 0 Å². The molecule has 1 heterocycles. The molecular weight excluding hydrogens is 292 g/mol. The number of hydrogen-bond donors (Lipinski definition) is 1. The zero-order valence-electron chi connectivity index (χ0n) is 10.4. The standard InChI is InChI=1S/C12H15ClO5S/c1-19(15,16)5-2-10(14)8-6-9(13)12-11(7-8)17-3-4-18-12/h6-7,10,14H,2-5H2,1H3. The number of halogens is 1. The van der Waals surface area contributed by atoms with Gasteiger partial charge in [-0.15, -0.1) is 0 Å². The van der Waals surface area contributed by atoms with Gasteiger partial charge in [0.05, 0.1) is 16.9 Å². The highest BCUT2D eigenvalue weighted by Gasteiger charge is 2.20. The second-order valence-electron chi connectivity index (χ2n) is 4.46. The molecule has 19 heavy (non-hydrogen) atoms. The van der Waals surface area contributed by atoms with E-state index in [2.05, 4.69) is 0 Å². The van der Waals surface area contributed by atoms with E-state index in [0.29, 0.717) is 35.3 Å². The van der Waals surface area contributed by atoms with Crippen molar-refractivity contribution in [3.05, 3.63) is 22.7 Å². The fourth-order valence-corrected chi connectivity index (χ4v) is 2.74. The Balaban J connectivity index is 2.18. The number of aliphatic hydroxyl groups excluding tert-OH is 1. The zero-order valence-corrected chi connectivity index (χ0v) is 12.0. The summed E-state index contributed by atoms with van der Waals surface area (Å²) >= 11 is 6.05. The maximum atomic E-state index is 11.1. The average molecular weight is 307 g/mol. The molecule has 1 unspecified atom stereocenters. The van der Waals surface area contributed by atoms with Crippen LogP contribution in [0, 0.1) is 0 Å². The van der Waals surface area contributed by atoms with Crippen molar-refractivity contribution in [2.24, 2.45) is 0 Å². The molecule has 0 saturated heterocycles. The molecule has 106 valence electrons. The average Bonchev–Trinajstić information content (AvgIpc) is 2.35. The summed E-state index contributed by atoms with van der Waals surface area (Å²) in [6, 6.07) is 3.20. The quantitative estimate of drug-likeness (QED) is 0.914.